The fraction of sp³-hybridized carbons (Fsp3) is 0.235. The average Bonchev–Trinajstić information content (AvgIpc) is 3.31. The first-order chi connectivity index (χ1) is 12.2. The highest BCUT2D eigenvalue weighted by Gasteiger charge is 2.11. The largest absolute Gasteiger partial charge is 0.461 e. The molecule has 130 valence electrons. The first-order valence-electron chi connectivity index (χ1n) is 7.78. The number of aromatic nitrogens is 2. The summed E-state index contributed by atoms with van der Waals surface area (Å²) in [5.74, 6) is 1.13. The van der Waals surface area contributed by atoms with Crippen LogP contribution in [0, 0.1) is 0 Å². The van der Waals surface area contributed by atoms with Gasteiger partial charge in [0.25, 0.3) is 5.91 Å². The van der Waals surface area contributed by atoms with Crippen LogP contribution in [0.1, 0.15) is 23.2 Å². The van der Waals surface area contributed by atoms with E-state index < -0.39 is 0 Å². The van der Waals surface area contributed by atoms with E-state index in [1.807, 2.05) is 0 Å². The van der Waals surface area contributed by atoms with Crippen molar-refractivity contribution in [3.63, 3.8) is 0 Å². The van der Waals surface area contributed by atoms with Gasteiger partial charge in [-0.1, -0.05) is 5.16 Å². The molecule has 0 saturated heterocycles. The average molecular weight is 342 g/mol. The van der Waals surface area contributed by atoms with Crippen LogP contribution in [0.4, 0.5) is 5.69 Å². The number of benzene rings is 1. The van der Waals surface area contributed by atoms with Crippen LogP contribution in [-0.2, 0) is 6.54 Å². The third kappa shape index (κ3) is 4.24. The first kappa shape index (κ1) is 16.7. The summed E-state index contributed by atoms with van der Waals surface area (Å²) in [6.45, 7) is 1.98. The topological polar surface area (TPSA) is 113 Å². The minimum Gasteiger partial charge on any atom is -0.461 e. The lowest BCUT2D eigenvalue weighted by Gasteiger charge is -2.11. The maximum absolute atomic E-state index is 11.9. The Balaban J connectivity index is 1.56. The summed E-state index contributed by atoms with van der Waals surface area (Å²) in [4.78, 5) is 16.2. The van der Waals surface area contributed by atoms with Crippen molar-refractivity contribution in [3.05, 3.63) is 54.1 Å². The van der Waals surface area contributed by atoms with E-state index in [4.69, 9.17) is 14.0 Å². The van der Waals surface area contributed by atoms with E-state index in [-0.39, 0.29) is 18.6 Å². The third-order valence-electron chi connectivity index (χ3n) is 3.45. The Bertz CT molecular complexity index is 812. The lowest BCUT2D eigenvalue weighted by molar-refractivity contribution is 0.0922. The number of carbonyl (C=O) groups is 1. The van der Waals surface area contributed by atoms with Crippen LogP contribution < -0.4 is 10.6 Å². The minimum absolute atomic E-state index is 0.102. The Labute approximate surface area is 143 Å². The predicted octanol–water partition coefficient (Wildman–Crippen LogP) is 2.05. The number of anilines is 1. The molecule has 3 aromatic rings. The molecule has 0 aliphatic heterocycles. The summed E-state index contributed by atoms with van der Waals surface area (Å²) in [5.41, 5.74) is 1.33. The zero-order chi connectivity index (χ0) is 17.6. The van der Waals surface area contributed by atoms with Gasteiger partial charge in [-0.05, 0) is 43.3 Å². The van der Waals surface area contributed by atoms with E-state index in [1.54, 1.807) is 49.6 Å². The van der Waals surface area contributed by atoms with Gasteiger partial charge in [0.05, 0.1) is 19.4 Å². The Kier molecular flexibility index (Phi) is 5.10. The van der Waals surface area contributed by atoms with Crippen LogP contribution in [0.15, 0.2) is 51.6 Å². The number of nitrogens with zero attached hydrogens (tertiary/aromatic N) is 2. The molecule has 1 amide bonds. The Morgan fingerprint density at radius 2 is 2.08 bits per heavy atom. The highest BCUT2D eigenvalue weighted by Crippen LogP contribution is 2.16. The molecule has 0 aliphatic rings. The van der Waals surface area contributed by atoms with Gasteiger partial charge < -0.3 is 24.7 Å². The monoisotopic (exact) mass is 342 g/mol. The minimum atomic E-state index is -0.286. The molecule has 1 atom stereocenters. The molecule has 2 aromatic heterocycles. The van der Waals surface area contributed by atoms with Crippen LogP contribution in [0.5, 0.6) is 0 Å². The molecular weight excluding hydrogens is 324 g/mol. The van der Waals surface area contributed by atoms with E-state index in [0.717, 1.165) is 5.69 Å². The quantitative estimate of drug-likeness (QED) is 0.602. The SMILES string of the molecule is C[C@H](CO)NC(=O)c1ccc(NCc2nc(-c3ccco3)no2)cc1. The Morgan fingerprint density at radius 3 is 2.76 bits per heavy atom. The zero-order valence-corrected chi connectivity index (χ0v) is 13.6. The van der Waals surface area contributed by atoms with Crippen molar-refractivity contribution in [1.29, 1.82) is 0 Å². The van der Waals surface area contributed by atoms with Crippen molar-refractivity contribution in [3.8, 4) is 11.6 Å². The van der Waals surface area contributed by atoms with Gasteiger partial charge in [0.15, 0.2) is 5.76 Å². The van der Waals surface area contributed by atoms with Crippen LogP contribution >= 0.6 is 0 Å². The van der Waals surface area contributed by atoms with Gasteiger partial charge in [-0.25, -0.2) is 0 Å². The molecule has 8 nitrogen and oxygen atoms in total. The van der Waals surface area contributed by atoms with Crippen molar-refractivity contribution >= 4 is 11.6 Å². The Hall–Kier alpha value is -3.13. The standard InChI is InChI=1S/C17H18N4O4/c1-11(10-22)19-17(23)12-4-6-13(7-5-12)18-9-15-20-16(21-25-15)14-3-2-8-24-14/h2-8,11,18,22H,9-10H2,1H3,(H,19,23)/t11-/m1/s1. The highest BCUT2D eigenvalue weighted by atomic mass is 16.5. The van der Waals surface area contributed by atoms with E-state index in [2.05, 4.69) is 20.8 Å². The van der Waals surface area contributed by atoms with Crippen LogP contribution in [0.2, 0.25) is 0 Å². The smallest absolute Gasteiger partial charge is 0.251 e. The number of nitrogens with one attached hydrogen (secondary N) is 2. The van der Waals surface area contributed by atoms with Crippen molar-refractivity contribution in [2.45, 2.75) is 19.5 Å². The summed E-state index contributed by atoms with van der Waals surface area (Å²) in [7, 11) is 0. The molecule has 1 aromatic carbocycles. The molecule has 3 N–H and O–H groups in total. The van der Waals surface area contributed by atoms with E-state index in [1.165, 1.54) is 0 Å². The normalized spacial score (nSPS) is 11.9. The second-order valence-corrected chi connectivity index (χ2v) is 5.48. The number of amides is 1. The number of carbonyl (C=O) groups excluding carboxylic acids is 1. The summed E-state index contributed by atoms with van der Waals surface area (Å²) in [6, 6.07) is 10.2. The molecule has 0 aliphatic carbocycles. The van der Waals surface area contributed by atoms with Crippen molar-refractivity contribution in [2.24, 2.45) is 0 Å². The molecule has 0 unspecified atom stereocenters. The van der Waals surface area contributed by atoms with Gasteiger partial charge >= 0.3 is 0 Å². The number of furan rings is 1. The molecule has 8 heteroatoms. The second kappa shape index (κ2) is 7.63. The van der Waals surface area contributed by atoms with E-state index in [0.29, 0.717) is 29.6 Å². The summed E-state index contributed by atoms with van der Waals surface area (Å²) in [5, 5.41) is 18.6. The maximum atomic E-state index is 11.9. The number of rotatable bonds is 7. The number of aliphatic hydroxyl groups is 1. The van der Waals surface area contributed by atoms with Crippen molar-refractivity contribution in [1.82, 2.24) is 15.5 Å². The predicted molar refractivity (Wildman–Crippen MR) is 89.8 cm³/mol. The van der Waals surface area contributed by atoms with Gasteiger partial charge in [-0.3, -0.25) is 4.79 Å². The van der Waals surface area contributed by atoms with Crippen molar-refractivity contribution in [2.75, 3.05) is 11.9 Å². The van der Waals surface area contributed by atoms with E-state index >= 15 is 0 Å². The molecule has 0 saturated carbocycles. The molecule has 25 heavy (non-hydrogen) atoms. The summed E-state index contributed by atoms with van der Waals surface area (Å²) < 4.78 is 10.4. The molecule has 0 radical (unpaired) electrons. The Morgan fingerprint density at radius 1 is 1.28 bits per heavy atom. The van der Waals surface area contributed by atoms with Crippen LogP contribution in [-0.4, -0.2) is 33.8 Å². The number of hydrogen-bond acceptors (Lipinski definition) is 7. The number of aliphatic hydroxyl groups excluding tert-OH is 1. The first-order valence-corrected chi connectivity index (χ1v) is 7.78. The fourth-order valence-corrected chi connectivity index (χ4v) is 2.10. The van der Waals surface area contributed by atoms with Crippen molar-refractivity contribution < 1.29 is 18.8 Å². The van der Waals surface area contributed by atoms with Crippen LogP contribution in [0.3, 0.4) is 0 Å². The molecule has 0 bridgehead atoms. The van der Waals surface area contributed by atoms with Gasteiger partial charge in [0, 0.05) is 17.3 Å². The highest BCUT2D eigenvalue weighted by molar-refractivity contribution is 5.94. The molecule has 0 fully saturated rings. The zero-order valence-electron chi connectivity index (χ0n) is 13.6. The number of hydrogen-bond donors (Lipinski definition) is 3. The third-order valence-corrected chi connectivity index (χ3v) is 3.45. The maximum Gasteiger partial charge on any atom is 0.251 e. The van der Waals surface area contributed by atoms with Gasteiger partial charge in [0.1, 0.15) is 0 Å². The van der Waals surface area contributed by atoms with Gasteiger partial charge in [0.2, 0.25) is 11.7 Å². The molecule has 0 spiro atoms. The molecular formula is C17H18N4O4. The van der Waals surface area contributed by atoms with E-state index in [9.17, 15) is 4.79 Å². The van der Waals surface area contributed by atoms with Gasteiger partial charge in [-0.2, -0.15) is 4.98 Å². The molecule has 2 heterocycles. The summed E-state index contributed by atoms with van der Waals surface area (Å²) in [6.07, 6.45) is 1.54. The summed E-state index contributed by atoms with van der Waals surface area (Å²) >= 11 is 0. The fourth-order valence-electron chi connectivity index (χ4n) is 2.10. The lowest BCUT2D eigenvalue weighted by atomic mass is 10.2. The van der Waals surface area contributed by atoms with Gasteiger partial charge in [-0.15, -0.1) is 0 Å². The lowest BCUT2D eigenvalue weighted by Crippen LogP contribution is -2.34. The second-order valence-electron chi connectivity index (χ2n) is 5.48. The molecule has 3 rings (SSSR count). The van der Waals surface area contributed by atoms with Crippen LogP contribution in [0.25, 0.3) is 11.6 Å².